The maximum Gasteiger partial charge on any atom is 0.227 e. The lowest BCUT2D eigenvalue weighted by molar-refractivity contribution is -0.122. The highest BCUT2D eigenvalue weighted by molar-refractivity contribution is 5.92. The van der Waals surface area contributed by atoms with E-state index in [0.29, 0.717) is 0 Å². The third-order valence-electron chi connectivity index (χ3n) is 4.39. The Morgan fingerprint density at radius 3 is 2.23 bits per heavy atom. The first kappa shape index (κ1) is 16.3. The lowest BCUT2D eigenvalue weighted by Gasteiger charge is -2.31. The average Bonchev–Trinajstić information content (AvgIpc) is 2.49. The van der Waals surface area contributed by atoms with Crippen molar-refractivity contribution in [3.63, 3.8) is 0 Å². The van der Waals surface area contributed by atoms with Gasteiger partial charge in [-0.1, -0.05) is 68.8 Å². The fraction of sp³-hybridized carbons (Fsp3) is 0.350. The lowest BCUT2D eigenvalue weighted by Crippen LogP contribution is -2.34. The van der Waals surface area contributed by atoms with Crippen LogP contribution in [0, 0.1) is 18.3 Å². The highest BCUT2D eigenvalue weighted by Crippen LogP contribution is 2.31. The van der Waals surface area contributed by atoms with E-state index >= 15 is 0 Å². The molecule has 1 N–H and O–H groups in total. The minimum atomic E-state index is -0.101. The Morgan fingerprint density at radius 2 is 1.64 bits per heavy atom. The van der Waals surface area contributed by atoms with Gasteiger partial charge in [0.25, 0.3) is 0 Å². The van der Waals surface area contributed by atoms with E-state index in [1.54, 1.807) is 0 Å². The molecule has 2 nitrogen and oxygen atoms in total. The molecule has 0 bridgehead atoms. The maximum atomic E-state index is 12.5. The van der Waals surface area contributed by atoms with Crippen LogP contribution in [0.2, 0.25) is 0 Å². The average molecular weight is 295 g/mol. The summed E-state index contributed by atoms with van der Waals surface area (Å²) in [6, 6.07) is 18.3. The number of nitrogens with one attached hydrogen (secondary N) is 1. The summed E-state index contributed by atoms with van der Waals surface area (Å²) in [6.45, 7) is 8.35. The molecule has 0 radical (unpaired) electrons. The molecular weight excluding hydrogens is 270 g/mol. The van der Waals surface area contributed by atoms with Gasteiger partial charge in [0.15, 0.2) is 0 Å². The van der Waals surface area contributed by atoms with E-state index < -0.39 is 0 Å². The van der Waals surface area contributed by atoms with Gasteiger partial charge in [-0.15, -0.1) is 0 Å². The quantitative estimate of drug-likeness (QED) is 0.840. The molecule has 0 fully saturated rings. The van der Waals surface area contributed by atoms with Crippen molar-refractivity contribution in [3.8, 4) is 0 Å². The first-order chi connectivity index (χ1) is 10.4. The summed E-state index contributed by atoms with van der Waals surface area (Å²) in [5.41, 5.74) is 3.21. The van der Waals surface area contributed by atoms with E-state index in [4.69, 9.17) is 0 Å². The van der Waals surface area contributed by atoms with Crippen LogP contribution in [0.3, 0.4) is 0 Å². The summed E-state index contributed by atoms with van der Waals surface area (Å²) in [4.78, 5) is 12.5. The van der Waals surface area contributed by atoms with Crippen LogP contribution >= 0.6 is 0 Å². The second-order valence-electron chi connectivity index (χ2n) is 6.73. The predicted molar refractivity (Wildman–Crippen MR) is 92.9 cm³/mol. The molecule has 0 aliphatic heterocycles. The summed E-state index contributed by atoms with van der Waals surface area (Å²) >= 11 is 0. The van der Waals surface area contributed by atoms with E-state index in [2.05, 4.69) is 31.3 Å². The minimum absolute atomic E-state index is 0.0739. The number of anilines is 1. The first-order valence-corrected chi connectivity index (χ1v) is 7.80. The van der Waals surface area contributed by atoms with Gasteiger partial charge in [-0.2, -0.15) is 0 Å². The van der Waals surface area contributed by atoms with Crippen molar-refractivity contribution in [2.24, 2.45) is 11.3 Å². The second-order valence-corrected chi connectivity index (χ2v) is 6.73. The van der Waals surface area contributed by atoms with Crippen molar-refractivity contribution in [1.82, 2.24) is 0 Å². The van der Waals surface area contributed by atoms with Gasteiger partial charge in [-0.05, 0) is 36.5 Å². The summed E-state index contributed by atoms with van der Waals surface area (Å²) in [6.07, 6.45) is 0.885. The largest absolute Gasteiger partial charge is 0.326 e. The van der Waals surface area contributed by atoms with Gasteiger partial charge in [0.1, 0.15) is 0 Å². The Bertz CT molecular complexity index is 614. The molecule has 0 aliphatic rings. The van der Waals surface area contributed by atoms with Gasteiger partial charge < -0.3 is 5.32 Å². The summed E-state index contributed by atoms with van der Waals surface area (Å²) in [5, 5.41) is 3.02. The van der Waals surface area contributed by atoms with Crippen molar-refractivity contribution in [3.05, 3.63) is 65.7 Å². The fourth-order valence-electron chi connectivity index (χ4n) is 2.52. The Balaban J connectivity index is 2.03. The van der Waals surface area contributed by atoms with Crippen LogP contribution < -0.4 is 5.32 Å². The number of carbonyl (C=O) groups is 1. The number of amides is 1. The highest BCUT2D eigenvalue weighted by atomic mass is 16.1. The van der Waals surface area contributed by atoms with Crippen LogP contribution in [-0.2, 0) is 11.2 Å². The predicted octanol–water partition coefficient (Wildman–Crippen LogP) is 4.84. The van der Waals surface area contributed by atoms with Gasteiger partial charge in [0, 0.05) is 11.6 Å². The van der Waals surface area contributed by atoms with Gasteiger partial charge >= 0.3 is 0 Å². The van der Waals surface area contributed by atoms with E-state index in [-0.39, 0.29) is 17.2 Å². The van der Waals surface area contributed by atoms with Crippen molar-refractivity contribution in [2.75, 3.05) is 5.32 Å². The van der Waals surface area contributed by atoms with Crippen molar-refractivity contribution in [1.29, 1.82) is 0 Å². The number of carbonyl (C=O) groups excluding carboxylic acids is 1. The van der Waals surface area contributed by atoms with Crippen LogP contribution in [0.4, 0.5) is 5.69 Å². The van der Waals surface area contributed by atoms with E-state index in [0.717, 1.165) is 12.1 Å². The Labute approximate surface area is 133 Å². The zero-order chi connectivity index (χ0) is 16.2. The number of benzene rings is 2. The number of hydrogen-bond donors (Lipinski definition) is 1. The van der Waals surface area contributed by atoms with Crippen LogP contribution in [0.15, 0.2) is 54.6 Å². The molecule has 0 spiro atoms. The van der Waals surface area contributed by atoms with Crippen molar-refractivity contribution < 1.29 is 4.79 Å². The number of rotatable bonds is 5. The molecule has 2 aromatic rings. The van der Waals surface area contributed by atoms with Crippen LogP contribution in [0.1, 0.15) is 31.9 Å². The fourth-order valence-corrected chi connectivity index (χ4v) is 2.52. The van der Waals surface area contributed by atoms with Crippen LogP contribution in [-0.4, -0.2) is 5.91 Å². The molecule has 0 aliphatic carbocycles. The molecular formula is C20H25NO. The van der Waals surface area contributed by atoms with Gasteiger partial charge in [-0.25, -0.2) is 0 Å². The molecule has 0 saturated carbocycles. The normalized spacial score (nSPS) is 12.7. The lowest BCUT2D eigenvalue weighted by atomic mass is 9.75. The molecule has 1 amide bonds. The van der Waals surface area contributed by atoms with E-state index in [1.807, 2.05) is 56.3 Å². The molecule has 0 heterocycles. The van der Waals surface area contributed by atoms with Gasteiger partial charge in [0.05, 0.1) is 0 Å². The first-order valence-electron chi connectivity index (χ1n) is 7.80. The van der Waals surface area contributed by atoms with E-state index in [9.17, 15) is 4.79 Å². The molecule has 1 atom stereocenters. The van der Waals surface area contributed by atoms with Crippen molar-refractivity contribution in [2.45, 2.75) is 34.1 Å². The molecule has 1 unspecified atom stereocenters. The topological polar surface area (TPSA) is 29.1 Å². The second kappa shape index (κ2) is 6.78. The minimum Gasteiger partial charge on any atom is -0.326 e. The molecule has 22 heavy (non-hydrogen) atoms. The molecule has 116 valence electrons. The third-order valence-corrected chi connectivity index (χ3v) is 4.39. The summed E-state index contributed by atoms with van der Waals surface area (Å²) in [7, 11) is 0. The van der Waals surface area contributed by atoms with Crippen LogP contribution in [0.5, 0.6) is 0 Å². The summed E-state index contributed by atoms with van der Waals surface area (Å²) in [5.74, 6) is -0.00112. The zero-order valence-corrected chi connectivity index (χ0v) is 13.9. The Hall–Kier alpha value is -2.09. The number of aryl methyl sites for hydroxylation is 1. The molecule has 2 rings (SSSR count). The standard InChI is InChI=1S/C20H25NO/c1-15-10-12-18(13-11-15)21-19(22)16(2)20(3,4)14-17-8-6-5-7-9-17/h5-13,16H,14H2,1-4H3,(H,21,22). The SMILES string of the molecule is Cc1ccc(NC(=O)C(C)C(C)(C)Cc2ccccc2)cc1. The van der Waals surface area contributed by atoms with Crippen molar-refractivity contribution >= 4 is 11.6 Å². The Morgan fingerprint density at radius 1 is 1.05 bits per heavy atom. The zero-order valence-electron chi connectivity index (χ0n) is 13.9. The molecule has 0 saturated heterocycles. The highest BCUT2D eigenvalue weighted by Gasteiger charge is 2.31. The third kappa shape index (κ3) is 4.20. The van der Waals surface area contributed by atoms with Gasteiger partial charge in [0.2, 0.25) is 5.91 Å². The smallest absolute Gasteiger partial charge is 0.227 e. The molecule has 2 aromatic carbocycles. The molecule has 2 heteroatoms. The maximum absolute atomic E-state index is 12.5. The monoisotopic (exact) mass is 295 g/mol. The molecule has 0 aromatic heterocycles. The number of hydrogen-bond acceptors (Lipinski definition) is 1. The van der Waals surface area contributed by atoms with Gasteiger partial charge in [-0.3, -0.25) is 4.79 Å². The summed E-state index contributed by atoms with van der Waals surface area (Å²) < 4.78 is 0. The van der Waals surface area contributed by atoms with E-state index in [1.165, 1.54) is 11.1 Å². The van der Waals surface area contributed by atoms with Crippen LogP contribution in [0.25, 0.3) is 0 Å². The Kier molecular flexibility index (Phi) is 5.02.